The monoisotopic (exact) mass is 720 g/mol. The molecule has 8 heteroatoms. The molecule has 0 aliphatic heterocycles. The van der Waals surface area contributed by atoms with Gasteiger partial charge in [-0.3, -0.25) is 14.5 Å². The van der Waals surface area contributed by atoms with Crippen LogP contribution in [0.4, 0.5) is 0 Å². The van der Waals surface area contributed by atoms with Gasteiger partial charge in [0.1, 0.15) is 18.7 Å². The summed E-state index contributed by atoms with van der Waals surface area (Å²) in [7, 11) is 4.26. The van der Waals surface area contributed by atoms with Gasteiger partial charge < -0.3 is 18.8 Å². The minimum atomic E-state index is -0.703. The van der Waals surface area contributed by atoms with Crippen LogP contribution in [0.5, 0.6) is 0 Å². The van der Waals surface area contributed by atoms with Crippen LogP contribution in [0.1, 0.15) is 132 Å². The maximum atomic E-state index is 14.1. The number of carbonyl (C=O) groups is 3. The molecule has 1 aromatic rings. The lowest BCUT2D eigenvalue weighted by Crippen LogP contribution is -2.63. The van der Waals surface area contributed by atoms with Gasteiger partial charge in [-0.1, -0.05) is 61.0 Å². The molecular weight excluding hydrogens is 651 g/mol. The Labute approximate surface area is 314 Å². The van der Waals surface area contributed by atoms with Crippen molar-refractivity contribution in [1.29, 1.82) is 0 Å². The first-order valence-corrected chi connectivity index (χ1v) is 20.5. The number of oxazole rings is 1. The lowest BCUT2D eigenvalue weighted by atomic mass is 9.36. The molecular formula is C44H69N3O5. The zero-order valence-electron chi connectivity index (χ0n) is 34.2. The number of allylic oxidation sites excluding steroid dienone is 2. The van der Waals surface area contributed by atoms with E-state index < -0.39 is 5.41 Å². The Morgan fingerprint density at radius 1 is 1.00 bits per heavy atom. The molecule has 6 rings (SSSR count). The van der Waals surface area contributed by atoms with Crippen molar-refractivity contribution in [1.82, 2.24) is 14.8 Å². The summed E-state index contributed by atoms with van der Waals surface area (Å²) in [5, 5.41) is 0. The summed E-state index contributed by atoms with van der Waals surface area (Å²) in [6.45, 7) is 21.7. The molecule has 5 aliphatic carbocycles. The summed E-state index contributed by atoms with van der Waals surface area (Å²) in [6.07, 6.45) is 14.9. The first kappa shape index (κ1) is 39.4. The van der Waals surface area contributed by atoms with E-state index >= 15 is 0 Å². The molecule has 0 saturated heterocycles. The van der Waals surface area contributed by atoms with Crippen molar-refractivity contribution in [3.63, 3.8) is 0 Å². The third kappa shape index (κ3) is 7.02. The Kier molecular flexibility index (Phi) is 10.9. The summed E-state index contributed by atoms with van der Waals surface area (Å²) >= 11 is 0. The van der Waals surface area contributed by atoms with Gasteiger partial charge in [-0.25, -0.2) is 4.98 Å². The smallest absolute Gasteiger partial charge is 0.307 e. The van der Waals surface area contributed by atoms with Gasteiger partial charge in [0.05, 0.1) is 12.1 Å². The quantitative estimate of drug-likeness (QED) is 0.148. The SMILES string of the molecule is CC(C)C1=C2C3CCC4C(C)(CCC5C(C)(C)C(OC(=O)CC(C)(C)C=O)CCC54C)C3CCC2(CCN(CCN(C)C)Cc2cocn2)CC1=O. The summed E-state index contributed by atoms with van der Waals surface area (Å²) in [4.78, 5) is 47.9. The summed E-state index contributed by atoms with van der Waals surface area (Å²) < 4.78 is 11.6. The van der Waals surface area contributed by atoms with Crippen molar-refractivity contribution in [3.05, 3.63) is 29.5 Å². The minimum Gasteiger partial charge on any atom is -0.462 e. The molecule has 0 N–H and O–H groups in total. The van der Waals surface area contributed by atoms with E-state index in [0.717, 1.165) is 70.3 Å². The maximum Gasteiger partial charge on any atom is 0.307 e. The van der Waals surface area contributed by atoms with E-state index in [4.69, 9.17) is 9.15 Å². The standard InChI is InChI=1S/C44H69N3O5/c1-29(2)38-33(49)23-44(19-20-47(22-21-46(9)10)25-30-26-51-28-45-30)18-13-32-31(39(38)44)11-12-35-42(32,7)16-14-34-41(5,6)36(15-17-43(34,35)8)52-37(50)24-40(3,4)27-48/h26-29,31-32,34-36H,11-25H2,1-10H3. The molecule has 0 radical (unpaired) electrons. The Bertz CT molecular complexity index is 1510. The Hall–Kier alpha value is -2.32. The molecule has 4 saturated carbocycles. The maximum absolute atomic E-state index is 14.1. The van der Waals surface area contributed by atoms with Gasteiger partial charge in [-0.05, 0) is 124 Å². The summed E-state index contributed by atoms with van der Waals surface area (Å²) in [5.41, 5.74) is 3.23. The van der Waals surface area contributed by atoms with E-state index in [1.54, 1.807) is 25.7 Å². The Balaban J connectivity index is 1.24. The van der Waals surface area contributed by atoms with Crippen molar-refractivity contribution in [2.45, 2.75) is 139 Å². The lowest BCUT2D eigenvalue weighted by Gasteiger charge is -2.69. The van der Waals surface area contributed by atoms with Crippen molar-refractivity contribution in [3.8, 4) is 0 Å². The molecule has 0 amide bonds. The summed E-state index contributed by atoms with van der Waals surface area (Å²) in [6, 6.07) is 0. The predicted octanol–water partition coefficient (Wildman–Crippen LogP) is 8.55. The third-order valence-electron chi connectivity index (χ3n) is 15.5. The number of aldehydes is 1. The fourth-order valence-electron chi connectivity index (χ4n) is 13.1. The number of esters is 1. The number of Topliss-reactive ketones (excluding diaryl/α,β-unsaturated/α-hetero) is 1. The molecule has 0 aromatic carbocycles. The highest BCUT2D eigenvalue weighted by Crippen LogP contribution is 2.73. The number of aromatic nitrogens is 1. The van der Waals surface area contributed by atoms with Gasteiger partial charge in [-0.15, -0.1) is 0 Å². The molecule has 1 aromatic heterocycles. The number of fused-ring (bicyclic) bond motifs is 7. The number of carbonyl (C=O) groups excluding carboxylic acids is 3. The number of nitrogens with zero attached hydrogens (tertiary/aromatic N) is 3. The van der Waals surface area contributed by atoms with Gasteiger partial charge in [0.2, 0.25) is 0 Å². The molecule has 4 fully saturated rings. The second-order valence-electron chi connectivity index (χ2n) is 20.3. The van der Waals surface area contributed by atoms with Gasteiger partial charge >= 0.3 is 5.97 Å². The van der Waals surface area contributed by atoms with Crippen LogP contribution >= 0.6 is 0 Å². The number of hydrogen-bond acceptors (Lipinski definition) is 8. The van der Waals surface area contributed by atoms with Gasteiger partial charge in [0.25, 0.3) is 0 Å². The number of likely N-dealkylation sites (N-methyl/N-ethyl adjacent to an activating group) is 1. The fourth-order valence-corrected chi connectivity index (χ4v) is 13.1. The average Bonchev–Trinajstić information content (AvgIpc) is 3.68. The molecule has 8 nitrogen and oxygen atoms in total. The summed E-state index contributed by atoms with van der Waals surface area (Å²) in [5.74, 6) is 2.58. The predicted molar refractivity (Wildman–Crippen MR) is 204 cm³/mol. The topological polar surface area (TPSA) is 93.0 Å². The van der Waals surface area contributed by atoms with Crippen LogP contribution in [0.25, 0.3) is 0 Å². The zero-order valence-corrected chi connectivity index (χ0v) is 34.2. The molecule has 8 unspecified atom stereocenters. The van der Waals surface area contributed by atoms with Crippen molar-refractivity contribution in [2.75, 3.05) is 33.7 Å². The molecule has 290 valence electrons. The third-order valence-corrected chi connectivity index (χ3v) is 15.5. The zero-order chi connectivity index (χ0) is 37.9. The molecule has 8 atom stereocenters. The highest BCUT2D eigenvalue weighted by molar-refractivity contribution is 6.00. The number of ether oxygens (including phenoxy) is 1. The van der Waals surface area contributed by atoms with Crippen LogP contribution < -0.4 is 0 Å². The van der Waals surface area contributed by atoms with E-state index in [1.807, 2.05) is 0 Å². The van der Waals surface area contributed by atoms with E-state index in [1.165, 1.54) is 37.7 Å². The highest BCUT2D eigenvalue weighted by atomic mass is 16.5. The largest absolute Gasteiger partial charge is 0.462 e. The van der Waals surface area contributed by atoms with Crippen LogP contribution in [-0.4, -0.2) is 72.7 Å². The Morgan fingerprint density at radius 2 is 1.73 bits per heavy atom. The number of ketones is 1. The van der Waals surface area contributed by atoms with Gasteiger partial charge in [0, 0.05) is 42.3 Å². The van der Waals surface area contributed by atoms with Crippen molar-refractivity contribution in [2.24, 2.45) is 56.7 Å². The van der Waals surface area contributed by atoms with E-state index in [9.17, 15) is 14.4 Å². The second kappa shape index (κ2) is 14.4. The Morgan fingerprint density at radius 3 is 2.38 bits per heavy atom. The average molecular weight is 720 g/mol. The van der Waals surface area contributed by atoms with Crippen LogP contribution in [0.15, 0.2) is 28.2 Å². The van der Waals surface area contributed by atoms with E-state index in [0.29, 0.717) is 35.9 Å². The van der Waals surface area contributed by atoms with Crippen LogP contribution in [0.2, 0.25) is 0 Å². The minimum absolute atomic E-state index is 0.0370. The molecule has 1 heterocycles. The lowest BCUT2D eigenvalue weighted by molar-refractivity contribution is -0.213. The van der Waals surface area contributed by atoms with Crippen LogP contribution in [0, 0.1) is 56.7 Å². The molecule has 0 spiro atoms. The van der Waals surface area contributed by atoms with Gasteiger partial charge in [0.15, 0.2) is 12.2 Å². The van der Waals surface area contributed by atoms with Crippen LogP contribution in [0.3, 0.4) is 0 Å². The first-order valence-electron chi connectivity index (χ1n) is 20.5. The highest BCUT2D eigenvalue weighted by Gasteiger charge is 2.66. The van der Waals surface area contributed by atoms with Crippen molar-refractivity contribution >= 4 is 18.0 Å². The van der Waals surface area contributed by atoms with Crippen molar-refractivity contribution < 1.29 is 23.5 Å². The second-order valence-corrected chi connectivity index (χ2v) is 20.3. The normalized spacial score (nSPS) is 35.7. The van der Waals surface area contributed by atoms with Crippen LogP contribution in [-0.2, 0) is 25.7 Å². The fraction of sp³-hybridized carbons (Fsp3) is 0.818. The first-order chi connectivity index (χ1) is 24.4. The van der Waals surface area contributed by atoms with Gasteiger partial charge in [-0.2, -0.15) is 0 Å². The number of hydrogen-bond donors (Lipinski definition) is 0. The molecule has 5 aliphatic rings. The molecule has 52 heavy (non-hydrogen) atoms. The number of rotatable bonds is 13. The van der Waals surface area contributed by atoms with E-state index in [2.05, 4.69) is 70.4 Å². The molecule has 0 bridgehead atoms. The van der Waals surface area contributed by atoms with E-state index in [-0.39, 0.29) is 46.1 Å².